The van der Waals surface area contributed by atoms with Crippen molar-refractivity contribution >= 4 is 17.8 Å². The second kappa shape index (κ2) is 3.39. The molecule has 1 rings (SSSR count). The molecule has 0 aliphatic rings. The highest BCUT2D eigenvalue weighted by Gasteiger charge is 1.94. The van der Waals surface area contributed by atoms with Gasteiger partial charge < -0.3 is 5.21 Å². The number of hydrogen-bond acceptors (Lipinski definition) is 2. The van der Waals surface area contributed by atoms with Crippen molar-refractivity contribution in [2.24, 2.45) is 5.16 Å². The van der Waals surface area contributed by atoms with Gasteiger partial charge in [-0.25, -0.2) is 0 Å². The molecule has 58 valence electrons. The standard InChI is InChI=1S/C8H8ClNO/c1-6-4-8(9)3-2-7(6)5-10-11/h2-5,11H,1H3/b10-5+. The maximum absolute atomic E-state index is 8.25. The molecular formula is C8H8ClNO. The van der Waals surface area contributed by atoms with Crippen LogP contribution in [0.4, 0.5) is 0 Å². The van der Waals surface area contributed by atoms with Gasteiger partial charge in [-0.15, -0.1) is 0 Å². The van der Waals surface area contributed by atoms with Crippen LogP contribution in [0.1, 0.15) is 11.1 Å². The Morgan fingerprint density at radius 1 is 1.55 bits per heavy atom. The predicted molar refractivity (Wildman–Crippen MR) is 45.6 cm³/mol. The van der Waals surface area contributed by atoms with E-state index in [1.807, 2.05) is 13.0 Å². The fourth-order valence-electron chi connectivity index (χ4n) is 0.846. The molecule has 0 bridgehead atoms. The molecule has 0 fully saturated rings. The summed E-state index contributed by atoms with van der Waals surface area (Å²) in [5.74, 6) is 0. The van der Waals surface area contributed by atoms with Crippen molar-refractivity contribution in [3.63, 3.8) is 0 Å². The number of halogens is 1. The van der Waals surface area contributed by atoms with E-state index in [4.69, 9.17) is 16.8 Å². The molecule has 0 saturated heterocycles. The zero-order chi connectivity index (χ0) is 8.27. The van der Waals surface area contributed by atoms with Gasteiger partial charge >= 0.3 is 0 Å². The number of rotatable bonds is 1. The van der Waals surface area contributed by atoms with Gasteiger partial charge in [-0.05, 0) is 30.2 Å². The van der Waals surface area contributed by atoms with Crippen molar-refractivity contribution in [2.75, 3.05) is 0 Å². The van der Waals surface area contributed by atoms with Gasteiger partial charge in [0.15, 0.2) is 0 Å². The lowest BCUT2D eigenvalue weighted by molar-refractivity contribution is 0.322. The smallest absolute Gasteiger partial charge is 0.0736 e. The Labute approximate surface area is 70.1 Å². The average Bonchev–Trinajstić information content (AvgIpc) is 1.95. The minimum absolute atomic E-state index is 0.692. The molecule has 0 atom stereocenters. The first-order valence-corrected chi connectivity index (χ1v) is 3.55. The van der Waals surface area contributed by atoms with Gasteiger partial charge in [0.25, 0.3) is 0 Å². The summed E-state index contributed by atoms with van der Waals surface area (Å²) in [6, 6.07) is 5.38. The summed E-state index contributed by atoms with van der Waals surface area (Å²) < 4.78 is 0. The fourth-order valence-corrected chi connectivity index (χ4v) is 1.07. The average molecular weight is 170 g/mol. The number of nitrogens with zero attached hydrogens (tertiary/aromatic N) is 1. The van der Waals surface area contributed by atoms with Crippen molar-refractivity contribution in [3.05, 3.63) is 34.3 Å². The third-order valence-corrected chi connectivity index (χ3v) is 1.66. The third-order valence-electron chi connectivity index (χ3n) is 1.43. The van der Waals surface area contributed by atoms with Crippen LogP contribution in [0, 0.1) is 6.92 Å². The van der Waals surface area contributed by atoms with Gasteiger partial charge in [-0.2, -0.15) is 0 Å². The highest BCUT2D eigenvalue weighted by Crippen LogP contribution is 2.13. The molecule has 0 spiro atoms. The first-order valence-electron chi connectivity index (χ1n) is 3.17. The highest BCUT2D eigenvalue weighted by atomic mass is 35.5. The van der Waals surface area contributed by atoms with Gasteiger partial charge in [0, 0.05) is 5.02 Å². The van der Waals surface area contributed by atoms with Crippen LogP contribution in [0.25, 0.3) is 0 Å². The molecule has 1 aromatic rings. The van der Waals surface area contributed by atoms with Crippen molar-refractivity contribution in [2.45, 2.75) is 6.92 Å². The molecule has 0 radical (unpaired) electrons. The molecule has 0 heterocycles. The van der Waals surface area contributed by atoms with Gasteiger partial charge in [0.2, 0.25) is 0 Å². The van der Waals surface area contributed by atoms with Crippen LogP contribution >= 0.6 is 11.6 Å². The summed E-state index contributed by atoms with van der Waals surface area (Å²) in [6.07, 6.45) is 1.38. The van der Waals surface area contributed by atoms with Crippen LogP contribution in [0.2, 0.25) is 5.02 Å². The Morgan fingerprint density at radius 3 is 2.82 bits per heavy atom. The van der Waals surface area contributed by atoms with Crippen LogP contribution in [0.15, 0.2) is 23.4 Å². The maximum Gasteiger partial charge on any atom is 0.0736 e. The Kier molecular flexibility index (Phi) is 2.49. The predicted octanol–water partition coefficient (Wildman–Crippen LogP) is 2.46. The number of benzene rings is 1. The summed E-state index contributed by atoms with van der Waals surface area (Å²) in [4.78, 5) is 0. The van der Waals surface area contributed by atoms with E-state index in [0.717, 1.165) is 11.1 Å². The molecule has 0 unspecified atom stereocenters. The summed E-state index contributed by atoms with van der Waals surface area (Å²) in [7, 11) is 0. The van der Waals surface area contributed by atoms with E-state index in [1.165, 1.54) is 6.21 Å². The fraction of sp³-hybridized carbons (Fsp3) is 0.125. The SMILES string of the molecule is Cc1cc(Cl)ccc1/C=N/O. The lowest BCUT2D eigenvalue weighted by atomic mass is 10.1. The molecule has 11 heavy (non-hydrogen) atoms. The third kappa shape index (κ3) is 1.95. The Balaban J connectivity index is 3.09. The maximum atomic E-state index is 8.25. The van der Waals surface area contributed by atoms with E-state index in [0.29, 0.717) is 5.02 Å². The first-order chi connectivity index (χ1) is 5.24. The lowest BCUT2D eigenvalue weighted by Crippen LogP contribution is -1.85. The summed E-state index contributed by atoms with van der Waals surface area (Å²) in [5.41, 5.74) is 1.87. The summed E-state index contributed by atoms with van der Waals surface area (Å²) >= 11 is 5.71. The second-order valence-corrected chi connectivity index (χ2v) is 2.68. The van der Waals surface area contributed by atoms with E-state index in [1.54, 1.807) is 12.1 Å². The Morgan fingerprint density at radius 2 is 2.27 bits per heavy atom. The molecule has 0 amide bonds. The van der Waals surface area contributed by atoms with Gasteiger partial charge in [0.1, 0.15) is 0 Å². The van der Waals surface area contributed by atoms with E-state index >= 15 is 0 Å². The van der Waals surface area contributed by atoms with Crippen molar-refractivity contribution in [1.29, 1.82) is 0 Å². The molecule has 1 aromatic carbocycles. The van der Waals surface area contributed by atoms with E-state index in [-0.39, 0.29) is 0 Å². The van der Waals surface area contributed by atoms with Gasteiger partial charge in [-0.1, -0.05) is 22.8 Å². The van der Waals surface area contributed by atoms with E-state index in [2.05, 4.69) is 5.16 Å². The Bertz CT molecular complexity index is 283. The highest BCUT2D eigenvalue weighted by molar-refractivity contribution is 6.30. The van der Waals surface area contributed by atoms with Crippen LogP contribution in [0.3, 0.4) is 0 Å². The molecule has 0 aromatic heterocycles. The van der Waals surface area contributed by atoms with Crippen molar-refractivity contribution in [3.8, 4) is 0 Å². The van der Waals surface area contributed by atoms with Crippen LogP contribution in [-0.4, -0.2) is 11.4 Å². The van der Waals surface area contributed by atoms with Gasteiger partial charge in [0.05, 0.1) is 6.21 Å². The van der Waals surface area contributed by atoms with Crippen LogP contribution in [-0.2, 0) is 0 Å². The largest absolute Gasteiger partial charge is 0.411 e. The van der Waals surface area contributed by atoms with Gasteiger partial charge in [-0.3, -0.25) is 0 Å². The van der Waals surface area contributed by atoms with Crippen LogP contribution in [0.5, 0.6) is 0 Å². The lowest BCUT2D eigenvalue weighted by Gasteiger charge is -1.97. The van der Waals surface area contributed by atoms with Crippen molar-refractivity contribution in [1.82, 2.24) is 0 Å². The van der Waals surface area contributed by atoms with Crippen molar-refractivity contribution < 1.29 is 5.21 Å². The zero-order valence-corrected chi connectivity index (χ0v) is 6.84. The molecule has 2 nitrogen and oxygen atoms in total. The molecule has 0 aliphatic carbocycles. The second-order valence-electron chi connectivity index (χ2n) is 2.25. The number of oxime groups is 1. The first kappa shape index (κ1) is 8.08. The quantitative estimate of drug-likeness (QED) is 0.391. The molecular weight excluding hydrogens is 162 g/mol. The number of aryl methyl sites for hydroxylation is 1. The van der Waals surface area contributed by atoms with Crippen LogP contribution < -0.4 is 0 Å². The monoisotopic (exact) mass is 169 g/mol. The van der Waals surface area contributed by atoms with E-state index in [9.17, 15) is 0 Å². The molecule has 1 N–H and O–H groups in total. The molecule has 0 aliphatic heterocycles. The summed E-state index contributed by atoms with van der Waals surface area (Å²) in [5, 5.41) is 11.9. The number of hydrogen-bond donors (Lipinski definition) is 1. The minimum atomic E-state index is 0.692. The summed E-state index contributed by atoms with van der Waals surface area (Å²) in [6.45, 7) is 1.91. The molecule has 3 heteroatoms. The zero-order valence-electron chi connectivity index (χ0n) is 6.08. The Hall–Kier alpha value is -1.02. The topological polar surface area (TPSA) is 32.6 Å². The normalized spacial score (nSPS) is 10.7. The minimum Gasteiger partial charge on any atom is -0.411 e. The van der Waals surface area contributed by atoms with E-state index < -0.39 is 0 Å². The molecule has 0 saturated carbocycles.